The zero-order chi connectivity index (χ0) is 13.9. The summed E-state index contributed by atoms with van der Waals surface area (Å²) in [7, 11) is 0. The molecule has 106 valence electrons. The highest BCUT2D eigenvalue weighted by atomic mass is 15.3. The van der Waals surface area contributed by atoms with E-state index >= 15 is 0 Å². The molecule has 0 aliphatic carbocycles. The van der Waals surface area contributed by atoms with Crippen LogP contribution in [0.2, 0.25) is 0 Å². The molecule has 0 N–H and O–H groups in total. The van der Waals surface area contributed by atoms with Gasteiger partial charge in [-0.1, -0.05) is 6.07 Å². The Labute approximate surface area is 120 Å². The number of piperidine rings is 1. The first-order chi connectivity index (χ1) is 9.74. The lowest BCUT2D eigenvalue weighted by Crippen LogP contribution is -2.39. The summed E-state index contributed by atoms with van der Waals surface area (Å²) in [6.07, 6.45) is 10.2. The molecule has 1 aliphatic heterocycles. The van der Waals surface area contributed by atoms with Gasteiger partial charge in [-0.25, -0.2) is 0 Å². The Kier molecular flexibility index (Phi) is 3.83. The van der Waals surface area contributed by atoms with Crippen LogP contribution < -0.4 is 0 Å². The number of hydrogen-bond acceptors (Lipinski definition) is 3. The summed E-state index contributed by atoms with van der Waals surface area (Å²) >= 11 is 0. The maximum absolute atomic E-state index is 4.56. The third-order valence-electron chi connectivity index (χ3n) is 4.20. The standard InChI is InChI=1S/C16H22N4/c1-13(2)19-8-5-16(6-9-19)20-12-15(11-18-20)14-4-3-7-17-10-14/h3-4,7,10-13,16H,5-6,8-9H2,1-2H3. The van der Waals surface area contributed by atoms with Crippen molar-refractivity contribution >= 4 is 0 Å². The Morgan fingerprint density at radius 2 is 1.95 bits per heavy atom. The average Bonchev–Trinajstić information content (AvgIpc) is 2.98. The Hall–Kier alpha value is -1.68. The molecule has 0 radical (unpaired) electrons. The molecule has 3 rings (SSSR count). The molecule has 3 heterocycles. The molecule has 2 aromatic heterocycles. The number of rotatable bonds is 3. The van der Waals surface area contributed by atoms with Gasteiger partial charge in [0.15, 0.2) is 0 Å². The minimum Gasteiger partial charge on any atom is -0.301 e. The van der Waals surface area contributed by atoms with E-state index in [4.69, 9.17) is 0 Å². The van der Waals surface area contributed by atoms with E-state index in [1.807, 2.05) is 18.5 Å². The van der Waals surface area contributed by atoms with Gasteiger partial charge in [-0.2, -0.15) is 5.10 Å². The van der Waals surface area contributed by atoms with Crippen molar-refractivity contribution < 1.29 is 0 Å². The van der Waals surface area contributed by atoms with Gasteiger partial charge in [-0.15, -0.1) is 0 Å². The van der Waals surface area contributed by atoms with Gasteiger partial charge >= 0.3 is 0 Å². The monoisotopic (exact) mass is 270 g/mol. The minimum atomic E-state index is 0.537. The summed E-state index contributed by atoms with van der Waals surface area (Å²) in [5, 5.41) is 4.56. The predicted octanol–water partition coefficient (Wildman–Crippen LogP) is 2.99. The van der Waals surface area contributed by atoms with E-state index in [1.54, 1.807) is 6.20 Å². The van der Waals surface area contributed by atoms with Crippen LogP contribution in [-0.2, 0) is 0 Å². The van der Waals surface area contributed by atoms with Crippen LogP contribution in [0.3, 0.4) is 0 Å². The second-order valence-corrected chi connectivity index (χ2v) is 5.81. The van der Waals surface area contributed by atoms with Crippen LogP contribution in [0.15, 0.2) is 36.9 Å². The number of likely N-dealkylation sites (tertiary alicyclic amines) is 1. The molecule has 20 heavy (non-hydrogen) atoms. The first-order valence-electron chi connectivity index (χ1n) is 7.42. The molecule has 1 fully saturated rings. The fraction of sp³-hybridized carbons (Fsp3) is 0.500. The van der Waals surface area contributed by atoms with E-state index in [-0.39, 0.29) is 0 Å². The van der Waals surface area contributed by atoms with Crippen molar-refractivity contribution in [2.24, 2.45) is 0 Å². The summed E-state index contributed by atoms with van der Waals surface area (Å²) < 4.78 is 2.14. The van der Waals surface area contributed by atoms with E-state index in [0.29, 0.717) is 12.1 Å². The van der Waals surface area contributed by atoms with E-state index < -0.39 is 0 Å². The molecule has 0 unspecified atom stereocenters. The van der Waals surface area contributed by atoms with Crippen molar-refractivity contribution in [2.45, 2.75) is 38.8 Å². The quantitative estimate of drug-likeness (QED) is 0.860. The first-order valence-corrected chi connectivity index (χ1v) is 7.42. The summed E-state index contributed by atoms with van der Waals surface area (Å²) in [6.45, 7) is 6.89. The van der Waals surface area contributed by atoms with Crippen LogP contribution in [0.5, 0.6) is 0 Å². The normalized spacial score (nSPS) is 17.8. The van der Waals surface area contributed by atoms with Crippen LogP contribution in [0.4, 0.5) is 0 Å². The van der Waals surface area contributed by atoms with E-state index in [1.165, 1.54) is 25.9 Å². The van der Waals surface area contributed by atoms with Gasteiger partial charge in [0.05, 0.1) is 12.2 Å². The molecule has 1 saturated heterocycles. The highest BCUT2D eigenvalue weighted by Crippen LogP contribution is 2.25. The Morgan fingerprint density at radius 3 is 2.60 bits per heavy atom. The Balaban J connectivity index is 1.69. The van der Waals surface area contributed by atoms with Crippen molar-refractivity contribution in [3.05, 3.63) is 36.9 Å². The molecule has 0 aromatic carbocycles. The molecule has 0 amide bonds. The van der Waals surface area contributed by atoms with Gasteiger partial charge in [0.25, 0.3) is 0 Å². The number of pyridine rings is 1. The molecule has 2 aromatic rings. The molecular weight excluding hydrogens is 248 g/mol. The topological polar surface area (TPSA) is 34.0 Å². The number of aromatic nitrogens is 3. The molecule has 0 atom stereocenters. The number of hydrogen-bond donors (Lipinski definition) is 0. The summed E-state index contributed by atoms with van der Waals surface area (Å²) in [5.74, 6) is 0. The second kappa shape index (κ2) is 5.75. The minimum absolute atomic E-state index is 0.537. The Bertz CT molecular complexity index is 539. The lowest BCUT2D eigenvalue weighted by Gasteiger charge is -2.34. The molecular formula is C16H22N4. The molecule has 4 nitrogen and oxygen atoms in total. The maximum atomic E-state index is 4.56. The highest BCUT2D eigenvalue weighted by Gasteiger charge is 2.22. The van der Waals surface area contributed by atoms with Gasteiger partial charge in [0.1, 0.15) is 0 Å². The summed E-state index contributed by atoms with van der Waals surface area (Å²) in [4.78, 5) is 6.71. The van der Waals surface area contributed by atoms with Gasteiger partial charge in [-0.05, 0) is 32.8 Å². The van der Waals surface area contributed by atoms with Gasteiger partial charge in [0, 0.05) is 48.8 Å². The zero-order valence-corrected chi connectivity index (χ0v) is 12.2. The van der Waals surface area contributed by atoms with Crippen molar-refractivity contribution in [3.63, 3.8) is 0 Å². The van der Waals surface area contributed by atoms with Crippen LogP contribution in [0, 0.1) is 0 Å². The largest absolute Gasteiger partial charge is 0.301 e. The average molecular weight is 270 g/mol. The molecule has 1 aliphatic rings. The van der Waals surface area contributed by atoms with Crippen LogP contribution >= 0.6 is 0 Å². The zero-order valence-electron chi connectivity index (χ0n) is 12.2. The molecule has 0 saturated carbocycles. The van der Waals surface area contributed by atoms with Gasteiger partial charge in [-0.3, -0.25) is 9.67 Å². The SMILES string of the molecule is CC(C)N1CCC(n2cc(-c3cccnc3)cn2)CC1. The third-order valence-corrected chi connectivity index (χ3v) is 4.20. The number of nitrogens with zero attached hydrogens (tertiary/aromatic N) is 4. The summed E-state index contributed by atoms with van der Waals surface area (Å²) in [5.41, 5.74) is 2.29. The van der Waals surface area contributed by atoms with Crippen LogP contribution in [-0.4, -0.2) is 38.8 Å². The van der Waals surface area contributed by atoms with E-state index in [9.17, 15) is 0 Å². The van der Waals surface area contributed by atoms with Crippen LogP contribution in [0.1, 0.15) is 32.7 Å². The smallest absolute Gasteiger partial charge is 0.0569 e. The van der Waals surface area contributed by atoms with Crippen molar-refractivity contribution in [1.82, 2.24) is 19.7 Å². The lowest BCUT2D eigenvalue weighted by molar-refractivity contribution is 0.147. The molecule has 0 spiro atoms. The summed E-state index contributed by atoms with van der Waals surface area (Å²) in [6, 6.07) is 5.23. The van der Waals surface area contributed by atoms with E-state index in [0.717, 1.165) is 11.1 Å². The van der Waals surface area contributed by atoms with Gasteiger partial charge < -0.3 is 4.90 Å². The Morgan fingerprint density at radius 1 is 1.15 bits per heavy atom. The molecule has 4 heteroatoms. The fourth-order valence-corrected chi connectivity index (χ4v) is 2.89. The first kappa shape index (κ1) is 13.3. The second-order valence-electron chi connectivity index (χ2n) is 5.81. The van der Waals surface area contributed by atoms with Crippen molar-refractivity contribution in [1.29, 1.82) is 0 Å². The van der Waals surface area contributed by atoms with E-state index in [2.05, 4.69) is 45.8 Å². The van der Waals surface area contributed by atoms with Crippen LogP contribution in [0.25, 0.3) is 11.1 Å². The lowest BCUT2D eigenvalue weighted by atomic mass is 10.0. The van der Waals surface area contributed by atoms with Crippen molar-refractivity contribution in [3.8, 4) is 11.1 Å². The third kappa shape index (κ3) is 2.75. The molecule has 0 bridgehead atoms. The maximum Gasteiger partial charge on any atom is 0.0569 e. The fourth-order valence-electron chi connectivity index (χ4n) is 2.89. The van der Waals surface area contributed by atoms with Crippen molar-refractivity contribution in [2.75, 3.05) is 13.1 Å². The predicted molar refractivity (Wildman–Crippen MR) is 80.4 cm³/mol. The highest BCUT2D eigenvalue weighted by molar-refractivity contribution is 5.60. The van der Waals surface area contributed by atoms with Gasteiger partial charge in [0.2, 0.25) is 0 Å².